The Morgan fingerprint density at radius 3 is 2.42 bits per heavy atom. The van der Waals surface area contributed by atoms with Crippen LogP contribution in [0.25, 0.3) is 0 Å². The van der Waals surface area contributed by atoms with Crippen LogP contribution in [-0.4, -0.2) is 81.4 Å². The third kappa shape index (κ3) is 6.86. The second-order valence-electron chi connectivity index (χ2n) is 9.15. The second-order valence-corrected chi connectivity index (χ2v) is 11.5. The number of carbonyl (C=O) groups is 1. The smallest absolute Gasteiger partial charge is 0.288 e. The van der Waals surface area contributed by atoms with Crippen LogP contribution < -0.4 is 4.74 Å². The molecule has 0 bridgehead atoms. The van der Waals surface area contributed by atoms with Gasteiger partial charge in [0.2, 0.25) is 16.3 Å². The minimum Gasteiger partial charge on any atom is -0.497 e. The molecule has 206 valence electrons. The van der Waals surface area contributed by atoms with E-state index < -0.39 is 16.3 Å². The first-order valence-electron chi connectivity index (χ1n) is 12.6. The minimum absolute atomic E-state index is 0.000483. The lowest BCUT2D eigenvalue weighted by Crippen LogP contribution is -2.38. The Hall–Kier alpha value is -2.63. The van der Waals surface area contributed by atoms with Gasteiger partial charge in [-0.2, -0.15) is 4.31 Å². The van der Waals surface area contributed by atoms with Gasteiger partial charge in [0.25, 0.3) is 5.91 Å². The number of hydrogen-bond donors (Lipinski definition) is 1. The molecule has 0 saturated carbocycles. The molecule has 4 rings (SSSR count). The van der Waals surface area contributed by atoms with E-state index in [1.165, 1.54) is 23.5 Å². The molecular weight excluding hydrogens is 532 g/mol. The van der Waals surface area contributed by atoms with Gasteiger partial charge in [0.1, 0.15) is 5.75 Å². The zero-order valence-corrected chi connectivity index (χ0v) is 22.9. The van der Waals surface area contributed by atoms with Gasteiger partial charge in [-0.25, -0.2) is 8.42 Å². The summed E-state index contributed by atoms with van der Waals surface area (Å²) in [6.07, 6.45) is 3.45. The summed E-state index contributed by atoms with van der Waals surface area (Å²) in [6.45, 7) is 0.963. The SMILES string of the molecule is COc1ccc(S(=O)(=O)N(CCO)CCO[C@H]2C[C@@H](c3ccc(Cl)cc3)C=C(C(=O)N3CCCC3)O2)cc1. The first-order chi connectivity index (χ1) is 18.3. The summed E-state index contributed by atoms with van der Waals surface area (Å²) in [5.41, 5.74) is 0.974. The molecule has 2 aliphatic rings. The Morgan fingerprint density at radius 2 is 1.79 bits per heavy atom. The summed E-state index contributed by atoms with van der Waals surface area (Å²) in [6, 6.07) is 13.5. The van der Waals surface area contributed by atoms with E-state index in [1.54, 1.807) is 29.2 Å². The van der Waals surface area contributed by atoms with Gasteiger partial charge in [-0.05, 0) is 60.9 Å². The van der Waals surface area contributed by atoms with Crippen molar-refractivity contribution in [1.82, 2.24) is 9.21 Å². The molecule has 0 aliphatic carbocycles. The van der Waals surface area contributed by atoms with Crippen molar-refractivity contribution in [2.24, 2.45) is 0 Å². The number of ether oxygens (including phenoxy) is 3. The fourth-order valence-electron chi connectivity index (χ4n) is 4.58. The molecule has 2 aromatic carbocycles. The Labute approximate surface area is 228 Å². The lowest BCUT2D eigenvalue weighted by molar-refractivity contribution is -0.152. The third-order valence-electron chi connectivity index (χ3n) is 6.65. The number of allylic oxidation sites excluding steroid dienone is 1. The van der Waals surface area contributed by atoms with Crippen LogP contribution in [0.3, 0.4) is 0 Å². The molecule has 1 saturated heterocycles. The van der Waals surface area contributed by atoms with E-state index in [9.17, 15) is 18.3 Å². The monoisotopic (exact) mass is 564 g/mol. The average molecular weight is 565 g/mol. The molecule has 1 amide bonds. The van der Waals surface area contributed by atoms with Gasteiger partial charge in [0, 0.05) is 43.5 Å². The molecule has 2 atom stereocenters. The van der Waals surface area contributed by atoms with Crippen LogP contribution in [0.4, 0.5) is 0 Å². The fourth-order valence-corrected chi connectivity index (χ4v) is 6.12. The maximum Gasteiger partial charge on any atom is 0.288 e. The number of sulfonamides is 1. The molecule has 0 unspecified atom stereocenters. The summed E-state index contributed by atoms with van der Waals surface area (Å²) in [7, 11) is -2.37. The molecule has 0 spiro atoms. The predicted molar refractivity (Wildman–Crippen MR) is 142 cm³/mol. The van der Waals surface area contributed by atoms with Crippen molar-refractivity contribution in [2.75, 3.05) is 46.5 Å². The molecule has 0 aromatic heterocycles. The lowest BCUT2D eigenvalue weighted by atomic mass is 9.93. The van der Waals surface area contributed by atoms with Crippen LogP contribution in [0.2, 0.25) is 5.02 Å². The largest absolute Gasteiger partial charge is 0.497 e. The normalized spacial score (nSPS) is 19.8. The number of benzene rings is 2. The van der Waals surface area contributed by atoms with Crippen LogP contribution in [-0.2, 0) is 24.3 Å². The van der Waals surface area contributed by atoms with Gasteiger partial charge in [-0.3, -0.25) is 4.79 Å². The van der Waals surface area contributed by atoms with Gasteiger partial charge >= 0.3 is 0 Å². The van der Waals surface area contributed by atoms with Gasteiger partial charge in [0.15, 0.2) is 5.76 Å². The number of amides is 1. The number of aliphatic hydroxyl groups is 1. The number of methoxy groups -OCH3 is 1. The maximum absolute atomic E-state index is 13.2. The molecule has 2 aliphatic heterocycles. The summed E-state index contributed by atoms with van der Waals surface area (Å²) >= 11 is 6.06. The van der Waals surface area contributed by atoms with Crippen LogP contribution in [0.5, 0.6) is 5.75 Å². The highest BCUT2D eigenvalue weighted by atomic mass is 35.5. The van der Waals surface area contributed by atoms with Gasteiger partial charge < -0.3 is 24.2 Å². The molecule has 0 radical (unpaired) electrons. The van der Waals surface area contributed by atoms with E-state index >= 15 is 0 Å². The van der Waals surface area contributed by atoms with E-state index in [0.717, 1.165) is 18.4 Å². The molecule has 1 N–H and O–H groups in total. The maximum atomic E-state index is 13.2. The van der Waals surface area contributed by atoms with E-state index in [-0.39, 0.29) is 48.8 Å². The highest BCUT2D eigenvalue weighted by Gasteiger charge is 2.32. The van der Waals surface area contributed by atoms with Crippen molar-refractivity contribution in [3.8, 4) is 5.75 Å². The molecule has 9 nitrogen and oxygen atoms in total. The van der Waals surface area contributed by atoms with E-state index in [1.807, 2.05) is 18.2 Å². The van der Waals surface area contributed by atoms with E-state index in [4.69, 9.17) is 25.8 Å². The van der Waals surface area contributed by atoms with E-state index in [2.05, 4.69) is 0 Å². The van der Waals surface area contributed by atoms with Crippen LogP contribution in [0.1, 0.15) is 30.7 Å². The van der Waals surface area contributed by atoms with E-state index in [0.29, 0.717) is 30.3 Å². The van der Waals surface area contributed by atoms with Gasteiger partial charge in [-0.15, -0.1) is 0 Å². The van der Waals surface area contributed by atoms with Crippen LogP contribution >= 0.6 is 11.6 Å². The highest BCUT2D eigenvalue weighted by molar-refractivity contribution is 7.89. The quantitative estimate of drug-likeness (QED) is 0.446. The summed E-state index contributed by atoms with van der Waals surface area (Å²) in [4.78, 5) is 15.0. The molecule has 11 heteroatoms. The molecule has 1 fully saturated rings. The third-order valence-corrected chi connectivity index (χ3v) is 8.82. The predicted octanol–water partition coefficient (Wildman–Crippen LogP) is 3.38. The molecular formula is C27H33ClN2O7S. The van der Waals surface area contributed by atoms with Crippen LogP contribution in [0.15, 0.2) is 65.3 Å². The van der Waals surface area contributed by atoms with Crippen molar-refractivity contribution in [2.45, 2.75) is 36.4 Å². The Kier molecular flexibility index (Phi) is 9.67. The Bertz CT molecular complexity index is 1210. The molecule has 2 heterocycles. The lowest BCUT2D eigenvalue weighted by Gasteiger charge is -2.31. The first kappa shape index (κ1) is 28.4. The summed E-state index contributed by atoms with van der Waals surface area (Å²) in [5.74, 6) is 0.474. The van der Waals surface area contributed by atoms with Gasteiger partial charge in [0.05, 0.1) is 25.2 Å². The molecule has 38 heavy (non-hydrogen) atoms. The summed E-state index contributed by atoms with van der Waals surface area (Å²) in [5, 5.41) is 10.1. The number of nitrogens with zero attached hydrogens (tertiary/aromatic N) is 2. The zero-order chi connectivity index (χ0) is 27.1. The van der Waals surface area contributed by atoms with Crippen molar-refractivity contribution < 1.29 is 32.5 Å². The number of carbonyl (C=O) groups excluding carboxylic acids is 1. The minimum atomic E-state index is -3.87. The first-order valence-corrected chi connectivity index (χ1v) is 14.4. The zero-order valence-electron chi connectivity index (χ0n) is 21.3. The van der Waals surface area contributed by atoms with Crippen molar-refractivity contribution in [1.29, 1.82) is 0 Å². The highest BCUT2D eigenvalue weighted by Crippen LogP contribution is 2.33. The average Bonchev–Trinajstić information content (AvgIpc) is 3.47. The number of rotatable bonds is 11. The number of aliphatic hydroxyl groups excluding tert-OH is 1. The van der Waals surface area contributed by atoms with Crippen molar-refractivity contribution in [3.05, 3.63) is 71.0 Å². The van der Waals surface area contributed by atoms with Crippen molar-refractivity contribution >= 4 is 27.5 Å². The Balaban J connectivity index is 1.45. The fraction of sp³-hybridized carbons (Fsp3) is 0.444. The number of halogens is 1. The van der Waals surface area contributed by atoms with Gasteiger partial charge in [-0.1, -0.05) is 23.7 Å². The summed E-state index contributed by atoms with van der Waals surface area (Å²) < 4.78 is 44.6. The second kappa shape index (κ2) is 12.9. The standard InChI is InChI=1S/C27H33ClN2O7S/c1-35-23-8-10-24(11-9-23)38(33,34)30(14-16-31)15-17-36-26-19-21(20-4-6-22(28)7-5-20)18-25(37-26)27(32)29-12-2-3-13-29/h4-11,18,21,26,31H,2-3,12-17,19H2,1H3/t21-,26+/m0/s1. The number of hydrogen-bond acceptors (Lipinski definition) is 7. The number of likely N-dealkylation sites (tertiary alicyclic amines) is 1. The topological polar surface area (TPSA) is 106 Å². The molecule has 2 aromatic rings. The van der Waals surface area contributed by atoms with Crippen LogP contribution in [0, 0.1) is 0 Å². The van der Waals surface area contributed by atoms with Crippen molar-refractivity contribution in [3.63, 3.8) is 0 Å². The Morgan fingerprint density at radius 1 is 1.11 bits per heavy atom.